The highest BCUT2D eigenvalue weighted by Gasteiger charge is 2.03. The predicted molar refractivity (Wildman–Crippen MR) is 72.3 cm³/mol. The Kier molecular flexibility index (Phi) is 4.50. The van der Waals surface area contributed by atoms with Crippen LogP contribution in [0.1, 0.15) is 11.3 Å². The van der Waals surface area contributed by atoms with E-state index in [0.29, 0.717) is 0 Å². The molecule has 0 aliphatic rings. The minimum atomic E-state index is 0.721. The van der Waals surface area contributed by atoms with Gasteiger partial charge in [0.1, 0.15) is 5.82 Å². The lowest BCUT2D eigenvalue weighted by Gasteiger charge is -2.01. The van der Waals surface area contributed by atoms with Crippen LogP contribution in [-0.2, 0) is 11.3 Å². The van der Waals surface area contributed by atoms with Crippen molar-refractivity contribution in [1.29, 1.82) is 0 Å². The van der Waals surface area contributed by atoms with Gasteiger partial charge in [0.05, 0.1) is 6.61 Å². The maximum absolute atomic E-state index is 4.98. The van der Waals surface area contributed by atoms with E-state index in [2.05, 4.69) is 40.4 Å². The first-order valence-corrected chi connectivity index (χ1v) is 6.10. The summed E-state index contributed by atoms with van der Waals surface area (Å²) in [6, 6.07) is 8.32. The molecule has 4 heteroatoms. The standard InChI is InChI=1S/C14H19N3O/c1-11-4-3-5-12(8-11)14-16-10-13(17-14)9-15-6-7-18-2/h3-5,8,10,15H,6-7,9H2,1-2H3,(H,16,17). The fourth-order valence-corrected chi connectivity index (χ4v) is 1.79. The zero-order chi connectivity index (χ0) is 12.8. The maximum Gasteiger partial charge on any atom is 0.137 e. The van der Waals surface area contributed by atoms with Crippen molar-refractivity contribution in [3.05, 3.63) is 41.7 Å². The Bertz CT molecular complexity index is 493. The van der Waals surface area contributed by atoms with E-state index in [1.54, 1.807) is 7.11 Å². The molecule has 0 fully saturated rings. The van der Waals surface area contributed by atoms with E-state index in [9.17, 15) is 0 Å². The van der Waals surface area contributed by atoms with Crippen LogP contribution in [0.3, 0.4) is 0 Å². The molecule has 2 aromatic rings. The lowest BCUT2D eigenvalue weighted by molar-refractivity contribution is 0.199. The number of H-pyrrole nitrogens is 1. The van der Waals surface area contributed by atoms with E-state index in [0.717, 1.165) is 36.8 Å². The lowest BCUT2D eigenvalue weighted by Crippen LogP contribution is -2.18. The number of aromatic nitrogens is 2. The molecular weight excluding hydrogens is 226 g/mol. The van der Waals surface area contributed by atoms with Gasteiger partial charge in [-0.05, 0) is 13.0 Å². The van der Waals surface area contributed by atoms with Crippen molar-refractivity contribution in [3.8, 4) is 11.4 Å². The lowest BCUT2D eigenvalue weighted by atomic mass is 10.1. The molecule has 0 aliphatic carbocycles. The molecule has 0 unspecified atom stereocenters. The molecule has 0 bridgehead atoms. The molecule has 1 heterocycles. The molecule has 96 valence electrons. The molecule has 0 atom stereocenters. The number of hydrogen-bond acceptors (Lipinski definition) is 3. The summed E-state index contributed by atoms with van der Waals surface area (Å²) in [5.74, 6) is 0.919. The molecule has 0 radical (unpaired) electrons. The van der Waals surface area contributed by atoms with Crippen LogP contribution in [0.2, 0.25) is 0 Å². The fraction of sp³-hybridized carbons (Fsp3) is 0.357. The van der Waals surface area contributed by atoms with Crippen molar-refractivity contribution < 1.29 is 4.74 Å². The number of nitrogens with zero attached hydrogens (tertiary/aromatic N) is 1. The summed E-state index contributed by atoms with van der Waals surface area (Å²) in [4.78, 5) is 7.72. The van der Waals surface area contributed by atoms with Crippen molar-refractivity contribution in [2.45, 2.75) is 13.5 Å². The number of hydrogen-bond donors (Lipinski definition) is 2. The molecule has 18 heavy (non-hydrogen) atoms. The summed E-state index contributed by atoms with van der Waals surface area (Å²) in [6.07, 6.45) is 1.87. The summed E-state index contributed by atoms with van der Waals surface area (Å²) in [6.45, 7) is 4.43. The van der Waals surface area contributed by atoms with Crippen molar-refractivity contribution in [1.82, 2.24) is 15.3 Å². The minimum absolute atomic E-state index is 0.721. The number of nitrogens with one attached hydrogen (secondary N) is 2. The van der Waals surface area contributed by atoms with Crippen molar-refractivity contribution in [2.24, 2.45) is 0 Å². The van der Waals surface area contributed by atoms with Crippen LogP contribution in [0, 0.1) is 6.92 Å². The monoisotopic (exact) mass is 245 g/mol. The van der Waals surface area contributed by atoms with Crippen LogP contribution in [0.4, 0.5) is 0 Å². The van der Waals surface area contributed by atoms with Gasteiger partial charge in [0, 0.05) is 37.7 Å². The molecule has 0 amide bonds. The van der Waals surface area contributed by atoms with Gasteiger partial charge in [0.25, 0.3) is 0 Å². The second-order valence-electron chi connectivity index (χ2n) is 4.30. The van der Waals surface area contributed by atoms with E-state index >= 15 is 0 Å². The Morgan fingerprint density at radius 3 is 3.06 bits per heavy atom. The summed E-state index contributed by atoms with van der Waals surface area (Å²) in [5.41, 5.74) is 3.45. The van der Waals surface area contributed by atoms with E-state index in [-0.39, 0.29) is 0 Å². The van der Waals surface area contributed by atoms with E-state index in [4.69, 9.17) is 4.74 Å². The SMILES string of the molecule is COCCNCc1cnc(-c2cccc(C)c2)[nH]1. The zero-order valence-electron chi connectivity index (χ0n) is 10.9. The first-order valence-electron chi connectivity index (χ1n) is 6.10. The van der Waals surface area contributed by atoms with Crippen LogP contribution in [-0.4, -0.2) is 30.2 Å². The van der Waals surface area contributed by atoms with Gasteiger partial charge in [0.15, 0.2) is 0 Å². The van der Waals surface area contributed by atoms with Crippen molar-refractivity contribution >= 4 is 0 Å². The third-order valence-corrected chi connectivity index (χ3v) is 2.72. The molecule has 0 saturated carbocycles. The smallest absolute Gasteiger partial charge is 0.137 e. The number of methoxy groups -OCH3 is 1. The quantitative estimate of drug-likeness (QED) is 0.766. The zero-order valence-corrected chi connectivity index (χ0v) is 10.9. The molecule has 1 aromatic carbocycles. The maximum atomic E-state index is 4.98. The number of rotatable bonds is 6. The Morgan fingerprint density at radius 1 is 1.39 bits per heavy atom. The number of imidazole rings is 1. The molecule has 0 aliphatic heterocycles. The second-order valence-corrected chi connectivity index (χ2v) is 4.30. The summed E-state index contributed by atoms with van der Waals surface area (Å²) in [7, 11) is 1.70. The largest absolute Gasteiger partial charge is 0.383 e. The number of ether oxygens (including phenoxy) is 1. The van der Waals surface area contributed by atoms with Gasteiger partial charge in [-0.25, -0.2) is 4.98 Å². The van der Waals surface area contributed by atoms with Crippen LogP contribution >= 0.6 is 0 Å². The van der Waals surface area contributed by atoms with Gasteiger partial charge in [0.2, 0.25) is 0 Å². The topological polar surface area (TPSA) is 49.9 Å². The Balaban J connectivity index is 1.97. The predicted octanol–water partition coefficient (Wildman–Crippen LogP) is 2.12. The van der Waals surface area contributed by atoms with Gasteiger partial charge in [-0.2, -0.15) is 0 Å². The number of benzene rings is 1. The minimum Gasteiger partial charge on any atom is -0.383 e. The van der Waals surface area contributed by atoms with Crippen molar-refractivity contribution in [3.63, 3.8) is 0 Å². The highest BCUT2D eigenvalue weighted by atomic mass is 16.5. The van der Waals surface area contributed by atoms with Gasteiger partial charge in [-0.3, -0.25) is 0 Å². The van der Waals surface area contributed by atoms with Gasteiger partial charge < -0.3 is 15.0 Å². The average molecular weight is 245 g/mol. The highest BCUT2D eigenvalue weighted by Crippen LogP contribution is 2.16. The van der Waals surface area contributed by atoms with Crippen molar-refractivity contribution in [2.75, 3.05) is 20.3 Å². The normalized spacial score (nSPS) is 10.8. The third-order valence-electron chi connectivity index (χ3n) is 2.72. The van der Waals surface area contributed by atoms with Crippen LogP contribution in [0.25, 0.3) is 11.4 Å². The summed E-state index contributed by atoms with van der Waals surface area (Å²) < 4.78 is 4.98. The van der Waals surface area contributed by atoms with Crippen LogP contribution in [0.5, 0.6) is 0 Å². The fourth-order valence-electron chi connectivity index (χ4n) is 1.79. The first kappa shape index (κ1) is 12.8. The van der Waals surface area contributed by atoms with E-state index < -0.39 is 0 Å². The van der Waals surface area contributed by atoms with Crippen LogP contribution < -0.4 is 5.32 Å². The number of aromatic amines is 1. The first-order chi connectivity index (χ1) is 8.79. The van der Waals surface area contributed by atoms with Crippen LogP contribution in [0.15, 0.2) is 30.5 Å². The third kappa shape index (κ3) is 3.42. The molecule has 0 saturated heterocycles. The average Bonchev–Trinajstić information content (AvgIpc) is 2.83. The Labute approximate surface area is 107 Å². The summed E-state index contributed by atoms with van der Waals surface area (Å²) in [5, 5.41) is 3.28. The molecular formula is C14H19N3O. The van der Waals surface area contributed by atoms with E-state index in [1.807, 2.05) is 12.3 Å². The van der Waals surface area contributed by atoms with Gasteiger partial charge in [-0.15, -0.1) is 0 Å². The van der Waals surface area contributed by atoms with Gasteiger partial charge >= 0.3 is 0 Å². The molecule has 2 N–H and O–H groups in total. The highest BCUT2D eigenvalue weighted by molar-refractivity contribution is 5.56. The molecule has 4 nitrogen and oxygen atoms in total. The Morgan fingerprint density at radius 2 is 2.28 bits per heavy atom. The van der Waals surface area contributed by atoms with E-state index in [1.165, 1.54) is 5.56 Å². The summed E-state index contributed by atoms with van der Waals surface area (Å²) >= 11 is 0. The Hall–Kier alpha value is -1.65. The second kappa shape index (κ2) is 6.33. The molecule has 1 aromatic heterocycles. The van der Waals surface area contributed by atoms with Gasteiger partial charge in [-0.1, -0.05) is 23.8 Å². The number of aryl methyl sites for hydroxylation is 1. The molecule has 0 spiro atoms. The molecule has 2 rings (SSSR count).